The second-order valence-corrected chi connectivity index (χ2v) is 3.68. The van der Waals surface area contributed by atoms with Crippen LogP contribution in [-0.2, 0) is 0 Å². The summed E-state index contributed by atoms with van der Waals surface area (Å²) in [5, 5.41) is 5.63. The highest BCUT2D eigenvalue weighted by atomic mass is 32.1. The maximum atomic E-state index is 11.8. The lowest BCUT2D eigenvalue weighted by atomic mass is 10.2. The summed E-state index contributed by atoms with van der Waals surface area (Å²) in [6.07, 6.45) is 0. The summed E-state index contributed by atoms with van der Waals surface area (Å²) < 4.78 is 4.99. The third-order valence-electron chi connectivity index (χ3n) is 2.02. The van der Waals surface area contributed by atoms with Gasteiger partial charge in [0, 0.05) is 5.56 Å². The normalized spacial score (nSPS) is 10.5. The molecule has 7 N–H and O–H groups in total. The van der Waals surface area contributed by atoms with Crippen LogP contribution in [0, 0.1) is 0 Å². The first kappa shape index (κ1) is 14.5. The number of guanidine groups is 1. The number of nitrogens with one attached hydrogen (secondary N) is 3. The Bertz CT molecular complexity index is 487. The molecule has 0 aliphatic carbocycles. The summed E-state index contributed by atoms with van der Waals surface area (Å²) in [5.41, 5.74) is 10.5. The molecule has 19 heavy (non-hydrogen) atoms. The van der Waals surface area contributed by atoms with Gasteiger partial charge < -0.3 is 16.3 Å². The summed E-state index contributed by atoms with van der Waals surface area (Å²) in [5.74, 6) is 5.12. The largest absolute Gasteiger partial charge is 0.497 e. The van der Waals surface area contributed by atoms with E-state index in [9.17, 15) is 4.79 Å². The molecule has 1 aromatic rings. The van der Waals surface area contributed by atoms with Crippen molar-refractivity contribution in [1.29, 1.82) is 0 Å². The third-order valence-corrected chi connectivity index (χ3v) is 2.23. The van der Waals surface area contributed by atoms with Crippen LogP contribution in [0.15, 0.2) is 29.4 Å². The van der Waals surface area contributed by atoms with E-state index in [2.05, 4.69) is 21.3 Å². The van der Waals surface area contributed by atoms with Crippen LogP contribution in [0.4, 0.5) is 0 Å². The molecule has 0 unspecified atom stereocenters. The molecule has 0 radical (unpaired) electrons. The minimum atomic E-state index is -0.370. The standard InChI is InChI=1S/C10H14N6O2S/c1-18-7-4-2-6(3-5-7)8(17)13-10(19)16-15-9(11)14-12/h2-5H,12H2,1H3,(H3,11,14,15)(H2,13,16,17,19). The van der Waals surface area contributed by atoms with Crippen molar-refractivity contribution < 1.29 is 9.53 Å². The highest BCUT2D eigenvalue weighted by molar-refractivity contribution is 7.80. The minimum absolute atomic E-state index is 0.0346. The van der Waals surface area contributed by atoms with E-state index in [-0.39, 0.29) is 17.0 Å². The van der Waals surface area contributed by atoms with Gasteiger partial charge in [-0.15, -0.1) is 5.10 Å². The zero-order valence-electron chi connectivity index (χ0n) is 10.1. The van der Waals surface area contributed by atoms with Gasteiger partial charge in [-0.2, -0.15) is 0 Å². The highest BCUT2D eigenvalue weighted by Crippen LogP contribution is 2.10. The number of carbonyl (C=O) groups excluding carboxylic acids is 1. The van der Waals surface area contributed by atoms with E-state index in [0.29, 0.717) is 11.3 Å². The van der Waals surface area contributed by atoms with Crippen LogP contribution in [0.5, 0.6) is 5.75 Å². The van der Waals surface area contributed by atoms with Crippen molar-refractivity contribution in [3.05, 3.63) is 29.8 Å². The lowest BCUT2D eigenvalue weighted by Gasteiger charge is -2.10. The Morgan fingerprint density at radius 1 is 1.32 bits per heavy atom. The number of hydrazine groups is 1. The van der Waals surface area contributed by atoms with Crippen LogP contribution in [0.1, 0.15) is 10.4 Å². The van der Waals surface area contributed by atoms with Crippen molar-refractivity contribution in [3.63, 3.8) is 0 Å². The van der Waals surface area contributed by atoms with Gasteiger partial charge in [0.15, 0.2) is 5.11 Å². The molecule has 1 aromatic carbocycles. The van der Waals surface area contributed by atoms with E-state index in [1.807, 2.05) is 0 Å². The lowest BCUT2D eigenvalue weighted by molar-refractivity contribution is 0.0976. The summed E-state index contributed by atoms with van der Waals surface area (Å²) in [6.45, 7) is 0. The number of rotatable bonds is 2. The lowest BCUT2D eigenvalue weighted by Crippen LogP contribution is -2.51. The Kier molecular flexibility index (Phi) is 5.35. The fraction of sp³-hybridized carbons (Fsp3) is 0.100. The molecule has 0 bridgehead atoms. The molecule has 0 spiro atoms. The number of hydrogen-bond acceptors (Lipinski definition) is 5. The third kappa shape index (κ3) is 4.68. The first-order valence-corrected chi connectivity index (χ1v) is 5.52. The van der Waals surface area contributed by atoms with Crippen LogP contribution >= 0.6 is 12.2 Å². The summed E-state index contributed by atoms with van der Waals surface area (Å²) in [4.78, 5) is 11.8. The molecule has 1 amide bonds. The Hall–Kier alpha value is -2.55. The van der Waals surface area contributed by atoms with E-state index >= 15 is 0 Å². The summed E-state index contributed by atoms with van der Waals surface area (Å²) in [6, 6.07) is 6.56. The van der Waals surface area contributed by atoms with E-state index in [1.54, 1.807) is 31.4 Å². The number of benzene rings is 1. The van der Waals surface area contributed by atoms with Gasteiger partial charge in [0.2, 0.25) is 5.96 Å². The smallest absolute Gasteiger partial charge is 0.257 e. The maximum Gasteiger partial charge on any atom is 0.257 e. The first-order chi connectivity index (χ1) is 9.06. The number of nitrogens with two attached hydrogens (primary N) is 2. The molecule has 0 fully saturated rings. The molecule has 0 aliphatic rings. The predicted molar refractivity (Wildman–Crippen MR) is 75.1 cm³/mol. The van der Waals surface area contributed by atoms with Gasteiger partial charge in [-0.3, -0.25) is 21.0 Å². The molecule has 1 rings (SSSR count). The Morgan fingerprint density at radius 2 is 1.95 bits per heavy atom. The van der Waals surface area contributed by atoms with Gasteiger partial charge in [-0.05, 0) is 36.5 Å². The molecule has 0 saturated carbocycles. The Balaban J connectivity index is 2.51. The Morgan fingerprint density at radius 3 is 2.47 bits per heavy atom. The molecule has 0 aromatic heterocycles. The van der Waals surface area contributed by atoms with E-state index < -0.39 is 0 Å². The minimum Gasteiger partial charge on any atom is -0.497 e. The number of thiocarbonyl (C=S) groups is 1. The molecule has 102 valence electrons. The van der Waals surface area contributed by atoms with Crippen LogP contribution in [-0.4, -0.2) is 24.1 Å². The maximum absolute atomic E-state index is 11.8. The number of hydrazone groups is 1. The van der Waals surface area contributed by atoms with Gasteiger partial charge in [0.05, 0.1) is 7.11 Å². The van der Waals surface area contributed by atoms with Crippen molar-refractivity contribution in [2.75, 3.05) is 7.11 Å². The molecular formula is C10H14N6O2S. The van der Waals surface area contributed by atoms with Crippen molar-refractivity contribution in [2.24, 2.45) is 16.7 Å². The molecule has 0 atom stereocenters. The second-order valence-electron chi connectivity index (χ2n) is 3.28. The van der Waals surface area contributed by atoms with Gasteiger partial charge >= 0.3 is 0 Å². The molecule has 0 heterocycles. The second kappa shape index (κ2) is 7.01. The molecule has 8 nitrogen and oxygen atoms in total. The zero-order chi connectivity index (χ0) is 14.3. The molecular weight excluding hydrogens is 268 g/mol. The molecule has 9 heteroatoms. The molecule has 0 aliphatic heterocycles. The van der Waals surface area contributed by atoms with Crippen molar-refractivity contribution >= 4 is 29.2 Å². The topological polar surface area (TPSA) is 127 Å². The quantitative estimate of drug-likeness (QED) is 0.155. The number of ether oxygens (including phenoxy) is 1. The zero-order valence-corrected chi connectivity index (χ0v) is 11.0. The van der Waals surface area contributed by atoms with Crippen LogP contribution < -0.4 is 32.5 Å². The fourth-order valence-corrected chi connectivity index (χ4v) is 1.25. The van der Waals surface area contributed by atoms with Crippen molar-refractivity contribution in [2.45, 2.75) is 0 Å². The van der Waals surface area contributed by atoms with Crippen molar-refractivity contribution in [3.8, 4) is 5.75 Å². The van der Waals surface area contributed by atoms with E-state index in [0.717, 1.165) is 0 Å². The van der Waals surface area contributed by atoms with Gasteiger partial charge in [-0.25, -0.2) is 0 Å². The summed E-state index contributed by atoms with van der Waals surface area (Å²) in [7, 11) is 1.54. The number of carbonyl (C=O) groups is 1. The number of methoxy groups -OCH3 is 1. The van der Waals surface area contributed by atoms with Crippen molar-refractivity contribution in [1.82, 2.24) is 16.2 Å². The fourth-order valence-electron chi connectivity index (χ4n) is 1.10. The van der Waals surface area contributed by atoms with Gasteiger partial charge in [0.1, 0.15) is 5.75 Å². The van der Waals surface area contributed by atoms with E-state index in [4.69, 9.17) is 28.5 Å². The summed E-state index contributed by atoms with van der Waals surface area (Å²) >= 11 is 4.86. The Labute approximate surface area is 115 Å². The van der Waals surface area contributed by atoms with Gasteiger partial charge in [-0.1, -0.05) is 0 Å². The average Bonchev–Trinajstić information content (AvgIpc) is 2.44. The number of nitrogens with zero attached hydrogens (tertiary/aromatic N) is 1. The average molecular weight is 282 g/mol. The van der Waals surface area contributed by atoms with Crippen LogP contribution in [0.3, 0.4) is 0 Å². The highest BCUT2D eigenvalue weighted by Gasteiger charge is 2.07. The first-order valence-electron chi connectivity index (χ1n) is 5.11. The van der Waals surface area contributed by atoms with E-state index in [1.165, 1.54) is 0 Å². The number of amides is 1. The monoisotopic (exact) mass is 282 g/mol. The van der Waals surface area contributed by atoms with Crippen LogP contribution in [0.25, 0.3) is 0 Å². The van der Waals surface area contributed by atoms with Gasteiger partial charge in [0.25, 0.3) is 5.91 Å². The number of hydrogen-bond donors (Lipinski definition) is 5. The molecule has 0 saturated heterocycles. The predicted octanol–water partition coefficient (Wildman–Crippen LogP) is -1.01. The SMILES string of the molecule is COc1ccc(C(=O)NC(=S)NN/C(N)=N\N)cc1. The van der Waals surface area contributed by atoms with Crippen LogP contribution in [0.2, 0.25) is 0 Å².